The summed E-state index contributed by atoms with van der Waals surface area (Å²) in [7, 11) is -3.95. The number of carbonyl (C=O) groups is 1. The summed E-state index contributed by atoms with van der Waals surface area (Å²) in [4.78, 5) is 15.4. The number of nitrogens with zero attached hydrogens (tertiary/aromatic N) is 6. The molecule has 176 valence electrons. The van der Waals surface area contributed by atoms with Gasteiger partial charge in [-0.3, -0.25) is 9.48 Å². The number of benzene rings is 1. The number of hydrogen-bond donors (Lipinski definition) is 0. The lowest BCUT2D eigenvalue weighted by Gasteiger charge is -2.36. The third-order valence-corrected chi connectivity index (χ3v) is 7.85. The van der Waals surface area contributed by atoms with E-state index in [9.17, 15) is 13.2 Å². The maximum atomic E-state index is 13.6. The summed E-state index contributed by atoms with van der Waals surface area (Å²) in [6, 6.07) is 8.07. The van der Waals surface area contributed by atoms with Gasteiger partial charge in [-0.15, -0.1) is 0 Å². The maximum Gasteiger partial charge on any atom is 0.283 e. The highest BCUT2D eigenvalue weighted by molar-refractivity contribution is 7.89. The number of sulfonamides is 1. The van der Waals surface area contributed by atoms with E-state index in [0.29, 0.717) is 44.1 Å². The van der Waals surface area contributed by atoms with Crippen LogP contribution < -0.4 is 4.90 Å². The van der Waals surface area contributed by atoms with Crippen molar-refractivity contribution in [1.29, 1.82) is 0 Å². The fourth-order valence-corrected chi connectivity index (χ4v) is 5.72. The van der Waals surface area contributed by atoms with E-state index in [1.165, 1.54) is 25.4 Å². The molecule has 3 heterocycles. The Balaban J connectivity index is 1.62. The van der Waals surface area contributed by atoms with Crippen LogP contribution in [-0.2, 0) is 16.6 Å². The molecule has 0 bridgehead atoms. The van der Waals surface area contributed by atoms with Crippen molar-refractivity contribution in [2.45, 2.75) is 46.2 Å². The van der Waals surface area contributed by atoms with Gasteiger partial charge in [0.05, 0.1) is 5.69 Å². The molecule has 2 aromatic heterocycles. The van der Waals surface area contributed by atoms with Crippen molar-refractivity contribution in [1.82, 2.24) is 23.9 Å². The van der Waals surface area contributed by atoms with Crippen LogP contribution in [0.5, 0.6) is 0 Å². The summed E-state index contributed by atoms with van der Waals surface area (Å²) >= 11 is 0. The SMILES string of the molecule is CCn1cc(C(=O)n2nc(C)cc2C)c(S(=O)(=O)N2CCN(c3cc(C)ccc3C)CC2)n1. The van der Waals surface area contributed by atoms with Gasteiger partial charge >= 0.3 is 0 Å². The number of rotatable bonds is 5. The number of piperazine rings is 1. The van der Waals surface area contributed by atoms with Crippen molar-refractivity contribution < 1.29 is 13.2 Å². The number of aryl methyl sites for hydroxylation is 5. The molecule has 0 spiro atoms. The first-order valence-electron chi connectivity index (χ1n) is 11.1. The molecule has 1 aliphatic rings. The summed E-state index contributed by atoms with van der Waals surface area (Å²) in [6.45, 7) is 11.8. The Morgan fingerprint density at radius 1 is 1.00 bits per heavy atom. The zero-order chi connectivity index (χ0) is 23.9. The van der Waals surface area contributed by atoms with Gasteiger partial charge < -0.3 is 4.90 Å². The minimum atomic E-state index is -3.95. The first kappa shape index (κ1) is 23.2. The van der Waals surface area contributed by atoms with Gasteiger partial charge in [-0.2, -0.15) is 14.5 Å². The Kier molecular flexibility index (Phi) is 6.15. The Bertz CT molecular complexity index is 1300. The summed E-state index contributed by atoms with van der Waals surface area (Å²) in [5.74, 6) is -0.493. The summed E-state index contributed by atoms with van der Waals surface area (Å²) < 4.78 is 31.3. The van der Waals surface area contributed by atoms with Gasteiger partial charge in [0, 0.05) is 50.3 Å². The molecule has 1 aliphatic heterocycles. The van der Waals surface area contributed by atoms with E-state index in [-0.39, 0.29) is 10.6 Å². The van der Waals surface area contributed by atoms with Crippen LogP contribution in [-0.4, -0.2) is 64.4 Å². The standard InChI is InChI=1S/C23H30N6O3S/c1-6-27-15-20(23(30)29-19(5)14-18(4)24-29)22(25-27)33(31,32)28-11-9-26(10-12-28)21-13-16(2)7-8-17(21)3/h7-8,13-15H,6,9-12H2,1-5H3. The predicted molar refractivity (Wildman–Crippen MR) is 126 cm³/mol. The van der Waals surface area contributed by atoms with Gasteiger partial charge in [0.2, 0.25) is 5.03 Å². The van der Waals surface area contributed by atoms with Crippen LogP contribution in [0.1, 0.15) is 39.8 Å². The molecule has 0 N–H and O–H groups in total. The Labute approximate surface area is 194 Å². The van der Waals surface area contributed by atoms with E-state index >= 15 is 0 Å². The molecular formula is C23H30N6O3S. The molecule has 1 saturated heterocycles. The highest BCUT2D eigenvalue weighted by Crippen LogP contribution is 2.26. The van der Waals surface area contributed by atoms with Crippen LogP contribution >= 0.6 is 0 Å². The topological polar surface area (TPSA) is 93.3 Å². The Morgan fingerprint density at radius 3 is 2.30 bits per heavy atom. The number of anilines is 1. The smallest absolute Gasteiger partial charge is 0.283 e. The van der Waals surface area contributed by atoms with Crippen LogP contribution in [0.3, 0.4) is 0 Å². The van der Waals surface area contributed by atoms with Crippen LogP contribution in [0.4, 0.5) is 5.69 Å². The van der Waals surface area contributed by atoms with Crippen molar-refractivity contribution in [3.63, 3.8) is 0 Å². The average Bonchev–Trinajstić information content (AvgIpc) is 3.38. The summed E-state index contributed by atoms with van der Waals surface area (Å²) in [5, 5.41) is 8.30. The molecule has 0 radical (unpaired) electrons. The van der Waals surface area contributed by atoms with Crippen LogP contribution in [0.25, 0.3) is 0 Å². The Morgan fingerprint density at radius 2 is 1.70 bits per heavy atom. The number of aromatic nitrogens is 4. The second-order valence-corrected chi connectivity index (χ2v) is 10.4. The molecule has 9 nitrogen and oxygen atoms in total. The highest BCUT2D eigenvalue weighted by atomic mass is 32.2. The molecule has 1 fully saturated rings. The van der Waals surface area contributed by atoms with Crippen molar-refractivity contribution >= 4 is 21.6 Å². The van der Waals surface area contributed by atoms with Crippen molar-refractivity contribution in [3.8, 4) is 0 Å². The minimum Gasteiger partial charge on any atom is -0.369 e. The van der Waals surface area contributed by atoms with Crippen molar-refractivity contribution in [2.75, 3.05) is 31.1 Å². The van der Waals surface area contributed by atoms with E-state index in [1.807, 2.05) is 6.92 Å². The summed E-state index contributed by atoms with van der Waals surface area (Å²) in [6.07, 6.45) is 1.50. The largest absolute Gasteiger partial charge is 0.369 e. The maximum absolute atomic E-state index is 13.6. The lowest BCUT2D eigenvalue weighted by molar-refractivity contribution is 0.0938. The van der Waals surface area contributed by atoms with E-state index in [0.717, 1.165) is 11.3 Å². The molecule has 1 aromatic carbocycles. The highest BCUT2D eigenvalue weighted by Gasteiger charge is 2.35. The van der Waals surface area contributed by atoms with Crippen molar-refractivity contribution in [3.05, 3.63) is 58.5 Å². The quantitative estimate of drug-likeness (QED) is 0.569. The molecule has 10 heteroatoms. The molecule has 0 unspecified atom stereocenters. The summed E-state index contributed by atoms with van der Waals surface area (Å²) in [5.41, 5.74) is 4.84. The van der Waals surface area contributed by atoms with E-state index in [4.69, 9.17) is 0 Å². The Hall–Kier alpha value is -2.98. The fourth-order valence-electron chi connectivity index (χ4n) is 4.20. The zero-order valence-electron chi connectivity index (χ0n) is 19.7. The normalized spacial score (nSPS) is 15.2. The van der Waals surface area contributed by atoms with E-state index in [2.05, 4.69) is 47.1 Å². The van der Waals surface area contributed by atoms with E-state index in [1.54, 1.807) is 19.9 Å². The lowest BCUT2D eigenvalue weighted by atomic mass is 10.1. The van der Waals surface area contributed by atoms with Gasteiger partial charge in [0.1, 0.15) is 5.56 Å². The second kappa shape index (κ2) is 8.75. The second-order valence-electron chi connectivity index (χ2n) is 8.53. The molecule has 0 saturated carbocycles. The first-order valence-corrected chi connectivity index (χ1v) is 12.5. The van der Waals surface area contributed by atoms with E-state index < -0.39 is 15.9 Å². The molecule has 0 amide bonds. The van der Waals surface area contributed by atoms with Crippen molar-refractivity contribution in [2.24, 2.45) is 0 Å². The average molecular weight is 471 g/mol. The minimum absolute atomic E-state index is 0.0417. The molecule has 0 aliphatic carbocycles. The first-order chi connectivity index (χ1) is 15.6. The number of hydrogen-bond acceptors (Lipinski definition) is 6. The fraction of sp³-hybridized carbons (Fsp3) is 0.435. The predicted octanol–water partition coefficient (Wildman–Crippen LogP) is 2.53. The number of carbonyl (C=O) groups excluding carboxylic acids is 1. The van der Waals surface area contributed by atoms with Crippen LogP contribution in [0.2, 0.25) is 0 Å². The van der Waals surface area contributed by atoms with Gasteiger partial charge in [-0.05, 0) is 57.9 Å². The van der Waals surface area contributed by atoms with Gasteiger partial charge in [0.25, 0.3) is 15.9 Å². The molecule has 3 aromatic rings. The van der Waals surface area contributed by atoms with Gasteiger partial charge in [-0.1, -0.05) is 12.1 Å². The lowest BCUT2D eigenvalue weighted by Crippen LogP contribution is -2.49. The monoisotopic (exact) mass is 470 g/mol. The molecule has 4 rings (SSSR count). The van der Waals surface area contributed by atoms with Crippen LogP contribution in [0.15, 0.2) is 35.5 Å². The molecule has 33 heavy (non-hydrogen) atoms. The third-order valence-electron chi connectivity index (χ3n) is 6.01. The molecular weight excluding hydrogens is 440 g/mol. The van der Waals surface area contributed by atoms with Gasteiger partial charge in [-0.25, -0.2) is 13.1 Å². The third kappa shape index (κ3) is 4.32. The zero-order valence-corrected chi connectivity index (χ0v) is 20.6. The van der Waals surface area contributed by atoms with Crippen LogP contribution in [0, 0.1) is 27.7 Å². The molecule has 0 atom stereocenters. The van der Waals surface area contributed by atoms with Gasteiger partial charge in [0.15, 0.2) is 0 Å².